The second kappa shape index (κ2) is 15.8. The number of fused-ring (bicyclic) bond motifs is 1. The molecule has 0 spiro atoms. The Labute approximate surface area is 339 Å². The Morgan fingerprint density at radius 1 is 0.793 bits per heavy atom. The smallest absolute Gasteiger partial charge is 0.326 e. The van der Waals surface area contributed by atoms with Gasteiger partial charge in [0.1, 0.15) is 0 Å². The maximum atomic E-state index is 13.3. The molecule has 10 heteroatoms. The molecule has 3 heterocycles. The van der Waals surface area contributed by atoms with Crippen molar-refractivity contribution in [2.24, 2.45) is 17.8 Å². The van der Waals surface area contributed by atoms with Crippen molar-refractivity contribution in [2.75, 3.05) is 19.6 Å². The standard InChI is InChI=1S/C48H55N5O5/c54-30-31-9-11-36(12-10-31)44-24-40(29-52-19-17-39(18-20-52)53-43-8-4-3-7-42(43)50-47(53)56)57-45(58-44)37-15-13-35(14-16-37)41-6-2-1-5-38(41)28-49-46(55)51-48-25-32-21-33(26-48)23-34(22-32)27-48/h1-16,32-34,39-40,44-45,54H,17-30H2,(H,50,56)(H2,49,51,55)/t32?,33?,34?,40-,44+,45+,48?/m1/s1. The molecule has 0 unspecified atom stereocenters. The van der Waals surface area contributed by atoms with E-state index in [1.807, 2.05) is 47.0 Å². The molecular weight excluding hydrogens is 727 g/mol. The molecule has 2 saturated heterocycles. The maximum absolute atomic E-state index is 13.3. The van der Waals surface area contributed by atoms with Gasteiger partial charge in [0.2, 0.25) is 0 Å². The zero-order valence-corrected chi connectivity index (χ0v) is 33.2. The first-order chi connectivity index (χ1) is 28.4. The summed E-state index contributed by atoms with van der Waals surface area (Å²) in [5.41, 5.74) is 7.93. The average molecular weight is 782 g/mol. The highest BCUT2D eigenvalue weighted by Gasteiger charge is 2.51. The summed E-state index contributed by atoms with van der Waals surface area (Å²) >= 11 is 0. The fraction of sp³-hybridized carbons (Fsp3) is 0.458. The van der Waals surface area contributed by atoms with Gasteiger partial charge in [-0.3, -0.25) is 4.57 Å². The zero-order valence-electron chi connectivity index (χ0n) is 33.2. The molecule has 2 amide bonds. The van der Waals surface area contributed by atoms with Crippen molar-refractivity contribution in [3.8, 4) is 11.1 Å². The minimum absolute atomic E-state index is 0.00136. The molecule has 4 N–H and O–H groups in total. The number of aliphatic hydroxyl groups excluding tert-OH is 1. The van der Waals surface area contributed by atoms with E-state index >= 15 is 0 Å². The number of imidazole rings is 1. The van der Waals surface area contributed by atoms with Crippen molar-refractivity contribution < 1.29 is 19.4 Å². The SMILES string of the molecule is O=C(NCc1ccccc1-c1ccc([C@H]2O[C@@H](CN3CCC(n4c(=O)[nH]c5ccccc54)CC3)C[C@@H](c3ccc(CO)cc3)O2)cc1)NC12CC3CC(CC(C3)C1)C2. The number of urea groups is 1. The van der Waals surface area contributed by atoms with Gasteiger partial charge in [-0.1, -0.05) is 84.9 Å². The number of para-hydroxylation sites is 2. The van der Waals surface area contributed by atoms with Crippen LogP contribution in [0.1, 0.15) is 98.5 Å². The second-order valence-electron chi connectivity index (χ2n) is 18.0. The van der Waals surface area contributed by atoms with Crippen molar-refractivity contribution in [3.63, 3.8) is 0 Å². The normalized spacial score (nSPS) is 28.5. The lowest BCUT2D eigenvalue weighted by Crippen LogP contribution is -2.61. The summed E-state index contributed by atoms with van der Waals surface area (Å²) in [6.45, 7) is 2.99. The number of nitrogens with zero attached hydrogens (tertiary/aromatic N) is 2. The van der Waals surface area contributed by atoms with E-state index in [-0.39, 0.29) is 42.1 Å². The maximum Gasteiger partial charge on any atom is 0.326 e. The number of H-pyrrole nitrogens is 1. The van der Waals surface area contributed by atoms with Crippen LogP contribution in [0, 0.1) is 17.8 Å². The van der Waals surface area contributed by atoms with Crippen LogP contribution in [0.5, 0.6) is 0 Å². The highest BCUT2D eigenvalue weighted by molar-refractivity contribution is 5.76. The monoisotopic (exact) mass is 781 g/mol. The van der Waals surface area contributed by atoms with Crippen LogP contribution in [0.25, 0.3) is 22.2 Å². The van der Waals surface area contributed by atoms with Crippen LogP contribution in [0.3, 0.4) is 0 Å². The summed E-state index contributed by atoms with van der Waals surface area (Å²) < 4.78 is 15.4. The third kappa shape index (κ3) is 7.63. The summed E-state index contributed by atoms with van der Waals surface area (Å²) in [7, 11) is 0. The van der Waals surface area contributed by atoms with E-state index in [2.05, 4.69) is 75.1 Å². The van der Waals surface area contributed by atoms with Crippen LogP contribution < -0.4 is 16.3 Å². The molecule has 302 valence electrons. The van der Waals surface area contributed by atoms with Crippen LogP contribution in [-0.2, 0) is 22.6 Å². The van der Waals surface area contributed by atoms with Gasteiger partial charge in [0.05, 0.1) is 29.8 Å². The van der Waals surface area contributed by atoms with Gasteiger partial charge in [-0.25, -0.2) is 9.59 Å². The van der Waals surface area contributed by atoms with Crippen molar-refractivity contribution in [3.05, 3.63) is 130 Å². The first-order valence-corrected chi connectivity index (χ1v) is 21.5. The first-order valence-electron chi connectivity index (χ1n) is 21.5. The Bertz CT molecular complexity index is 2260. The molecule has 1 aromatic heterocycles. The van der Waals surface area contributed by atoms with Crippen LogP contribution >= 0.6 is 0 Å². The Kier molecular flexibility index (Phi) is 10.2. The third-order valence-corrected chi connectivity index (χ3v) is 14.0. The number of aliphatic hydroxyl groups is 1. The van der Waals surface area contributed by atoms with Crippen molar-refractivity contribution >= 4 is 17.1 Å². The van der Waals surface area contributed by atoms with E-state index in [4.69, 9.17) is 9.47 Å². The molecule has 4 aromatic carbocycles. The number of piperidine rings is 1. The van der Waals surface area contributed by atoms with E-state index < -0.39 is 6.29 Å². The molecule has 6 aliphatic rings. The average Bonchev–Trinajstić information content (AvgIpc) is 3.58. The molecule has 5 aromatic rings. The number of ether oxygens (including phenoxy) is 2. The van der Waals surface area contributed by atoms with Gasteiger partial charge in [0, 0.05) is 49.7 Å². The summed E-state index contributed by atoms with van der Waals surface area (Å²) in [6.07, 6.45) is 9.18. The fourth-order valence-corrected chi connectivity index (χ4v) is 11.6. The van der Waals surface area contributed by atoms with Crippen LogP contribution in [0.15, 0.2) is 102 Å². The van der Waals surface area contributed by atoms with Crippen molar-refractivity contribution in [1.82, 2.24) is 25.1 Å². The molecule has 4 aliphatic carbocycles. The van der Waals surface area contributed by atoms with Crippen LogP contribution in [0.2, 0.25) is 0 Å². The molecule has 4 bridgehead atoms. The molecule has 0 radical (unpaired) electrons. The van der Waals surface area contributed by atoms with Gasteiger partial charge in [0.25, 0.3) is 0 Å². The number of carbonyl (C=O) groups is 1. The number of rotatable bonds is 10. The van der Waals surface area contributed by atoms with Gasteiger partial charge in [0.15, 0.2) is 6.29 Å². The number of nitrogens with one attached hydrogen (secondary N) is 3. The number of aromatic nitrogens is 2. The van der Waals surface area contributed by atoms with E-state index in [9.17, 15) is 14.7 Å². The van der Waals surface area contributed by atoms with Gasteiger partial charge in [-0.15, -0.1) is 0 Å². The van der Waals surface area contributed by atoms with Crippen LogP contribution in [0.4, 0.5) is 4.79 Å². The number of amides is 2. The van der Waals surface area contributed by atoms with E-state index in [0.717, 1.165) is 114 Å². The highest BCUT2D eigenvalue weighted by atomic mass is 16.7. The second-order valence-corrected chi connectivity index (χ2v) is 18.0. The summed E-state index contributed by atoms with van der Waals surface area (Å²) in [4.78, 5) is 31.7. The minimum atomic E-state index is -0.553. The Morgan fingerprint density at radius 3 is 2.19 bits per heavy atom. The highest BCUT2D eigenvalue weighted by Crippen LogP contribution is 2.55. The van der Waals surface area contributed by atoms with Crippen molar-refractivity contribution in [2.45, 2.75) is 101 Å². The Balaban J connectivity index is 0.813. The summed E-state index contributed by atoms with van der Waals surface area (Å²) in [5, 5.41) is 16.3. The first kappa shape index (κ1) is 37.5. The molecular formula is C48H55N5O5. The molecule has 3 atom stereocenters. The minimum Gasteiger partial charge on any atom is -0.392 e. The Morgan fingerprint density at radius 2 is 1.47 bits per heavy atom. The van der Waals surface area contributed by atoms with Crippen LogP contribution in [-0.4, -0.2) is 56.9 Å². The summed E-state index contributed by atoms with van der Waals surface area (Å²) in [6, 6.07) is 32.8. The van der Waals surface area contributed by atoms with Crippen molar-refractivity contribution in [1.29, 1.82) is 0 Å². The lowest BCUT2D eigenvalue weighted by atomic mass is 9.53. The fourth-order valence-electron chi connectivity index (χ4n) is 11.6. The number of hydrogen-bond acceptors (Lipinski definition) is 6. The van der Waals surface area contributed by atoms with Gasteiger partial charge in [-0.2, -0.15) is 0 Å². The lowest BCUT2D eigenvalue weighted by molar-refractivity contribution is -0.253. The van der Waals surface area contributed by atoms with E-state index in [0.29, 0.717) is 13.0 Å². The molecule has 2 aliphatic heterocycles. The lowest BCUT2D eigenvalue weighted by Gasteiger charge is -2.56. The molecule has 6 fully saturated rings. The molecule has 11 rings (SSSR count). The zero-order chi connectivity index (χ0) is 39.2. The number of carbonyl (C=O) groups excluding carboxylic acids is 1. The van der Waals surface area contributed by atoms with E-state index in [1.54, 1.807) is 0 Å². The predicted molar refractivity (Wildman–Crippen MR) is 224 cm³/mol. The number of hydrogen-bond donors (Lipinski definition) is 4. The van der Waals surface area contributed by atoms with Gasteiger partial charge in [-0.05, 0) is 109 Å². The topological polar surface area (TPSA) is 121 Å². The number of likely N-dealkylation sites (tertiary alicyclic amines) is 1. The van der Waals surface area contributed by atoms with E-state index in [1.165, 1.54) is 19.3 Å². The summed E-state index contributed by atoms with van der Waals surface area (Å²) in [5.74, 6) is 2.34. The predicted octanol–water partition coefficient (Wildman–Crippen LogP) is 8.14. The molecule has 4 saturated carbocycles. The third-order valence-electron chi connectivity index (χ3n) is 14.0. The quantitative estimate of drug-likeness (QED) is 0.114. The number of aromatic amines is 1. The molecule has 58 heavy (non-hydrogen) atoms. The van der Waals surface area contributed by atoms with Gasteiger partial charge < -0.3 is 35.1 Å². The number of benzene rings is 4. The van der Waals surface area contributed by atoms with Gasteiger partial charge >= 0.3 is 11.7 Å². The molecule has 10 nitrogen and oxygen atoms in total. The Hall–Kier alpha value is -4.74. The largest absolute Gasteiger partial charge is 0.392 e.